The summed E-state index contributed by atoms with van der Waals surface area (Å²) in [5.74, 6) is 0.176. The molecule has 0 amide bonds. The number of ether oxygens (including phenoxy) is 1. The molecular formula is C16H16F2N4O3. The fourth-order valence-corrected chi connectivity index (χ4v) is 2.69. The number of aliphatic hydroxyl groups is 1. The van der Waals surface area contributed by atoms with Crippen LogP contribution in [0, 0.1) is 13.8 Å². The molecule has 3 rings (SSSR count). The molecule has 0 unspecified atom stereocenters. The molecule has 0 bridgehead atoms. The number of aromatic nitrogens is 4. The van der Waals surface area contributed by atoms with Crippen molar-refractivity contribution in [3.8, 4) is 11.4 Å². The zero-order chi connectivity index (χ0) is 18.3. The molecule has 0 saturated heterocycles. The van der Waals surface area contributed by atoms with Crippen LogP contribution in [0.5, 0.6) is 5.75 Å². The zero-order valence-electron chi connectivity index (χ0n) is 13.7. The first-order valence-electron chi connectivity index (χ1n) is 7.50. The Balaban J connectivity index is 2.13. The third-order valence-electron chi connectivity index (χ3n) is 3.72. The van der Waals surface area contributed by atoms with Crippen molar-refractivity contribution in [3.63, 3.8) is 0 Å². The van der Waals surface area contributed by atoms with E-state index >= 15 is 0 Å². The summed E-state index contributed by atoms with van der Waals surface area (Å²) in [6.45, 7) is 2.04. The van der Waals surface area contributed by atoms with Crippen molar-refractivity contribution in [2.45, 2.75) is 33.5 Å². The number of benzene rings is 1. The van der Waals surface area contributed by atoms with Crippen LogP contribution in [0.4, 0.5) is 8.78 Å². The molecule has 2 N–H and O–H groups in total. The van der Waals surface area contributed by atoms with Crippen molar-refractivity contribution in [1.29, 1.82) is 0 Å². The van der Waals surface area contributed by atoms with Crippen molar-refractivity contribution >= 4 is 11.0 Å². The van der Waals surface area contributed by atoms with E-state index < -0.39 is 18.3 Å². The second kappa shape index (κ2) is 6.25. The van der Waals surface area contributed by atoms with E-state index in [9.17, 15) is 18.7 Å². The van der Waals surface area contributed by atoms with E-state index in [1.807, 2.05) is 0 Å². The molecule has 3 aromatic rings. The molecule has 0 saturated carbocycles. The maximum absolute atomic E-state index is 12.4. The Morgan fingerprint density at radius 3 is 2.48 bits per heavy atom. The molecule has 132 valence electrons. The first kappa shape index (κ1) is 17.0. The molecule has 25 heavy (non-hydrogen) atoms. The number of halogens is 2. The van der Waals surface area contributed by atoms with Crippen LogP contribution in [0.15, 0.2) is 23.1 Å². The minimum absolute atomic E-state index is 0.0535. The fourth-order valence-electron chi connectivity index (χ4n) is 2.69. The maximum Gasteiger partial charge on any atom is 0.387 e. The SMILES string of the molecule is Cc1cc(OC(F)F)cc(C)c1-n1cc2c(=O)[nH]c([C@@H](C)O)nc2n1. The van der Waals surface area contributed by atoms with Crippen LogP contribution in [0.2, 0.25) is 0 Å². The van der Waals surface area contributed by atoms with Gasteiger partial charge in [0.2, 0.25) is 0 Å². The number of aryl methyl sites for hydroxylation is 2. The summed E-state index contributed by atoms with van der Waals surface area (Å²) in [5, 5.41) is 14.1. The predicted octanol–water partition coefficient (Wildman–Crippen LogP) is 2.38. The summed E-state index contributed by atoms with van der Waals surface area (Å²) < 4.78 is 30.7. The number of hydrogen-bond acceptors (Lipinski definition) is 5. The van der Waals surface area contributed by atoms with Crippen molar-refractivity contribution in [2.24, 2.45) is 0 Å². The van der Waals surface area contributed by atoms with Crippen LogP contribution in [0.25, 0.3) is 16.7 Å². The minimum Gasteiger partial charge on any atom is -0.435 e. The van der Waals surface area contributed by atoms with Crippen molar-refractivity contribution < 1.29 is 18.6 Å². The maximum atomic E-state index is 12.4. The van der Waals surface area contributed by atoms with Crippen LogP contribution in [0.3, 0.4) is 0 Å². The molecule has 1 aromatic carbocycles. The smallest absolute Gasteiger partial charge is 0.387 e. The van der Waals surface area contributed by atoms with Crippen molar-refractivity contribution in [3.05, 3.63) is 45.6 Å². The van der Waals surface area contributed by atoms with Gasteiger partial charge in [-0.3, -0.25) is 4.79 Å². The normalized spacial score (nSPS) is 12.8. The van der Waals surface area contributed by atoms with Crippen molar-refractivity contribution in [2.75, 3.05) is 0 Å². The Bertz CT molecular complexity index is 972. The summed E-state index contributed by atoms with van der Waals surface area (Å²) in [7, 11) is 0. The molecule has 0 aliphatic rings. The van der Waals surface area contributed by atoms with Crippen LogP contribution < -0.4 is 10.3 Å². The average Bonchev–Trinajstić information content (AvgIpc) is 2.89. The molecule has 0 radical (unpaired) electrons. The standard InChI is InChI=1S/C16H16F2N4O3/c1-7-4-10(25-16(17)18)5-8(2)12(7)22-6-11-14(21-22)19-13(9(3)23)20-15(11)24/h4-6,9,16,23H,1-3H3,(H,19,20,21,24)/t9-/m1/s1. The van der Waals surface area contributed by atoms with E-state index in [1.165, 1.54) is 29.9 Å². The van der Waals surface area contributed by atoms with Gasteiger partial charge in [-0.25, -0.2) is 9.67 Å². The average molecular weight is 350 g/mol. The van der Waals surface area contributed by atoms with Gasteiger partial charge >= 0.3 is 6.61 Å². The fraction of sp³-hybridized carbons (Fsp3) is 0.312. The Morgan fingerprint density at radius 1 is 1.28 bits per heavy atom. The zero-order valence-corrected chi connectivity index (χ0v) is 13.7. The Morgan fingerprint density at radius 2 is 1.92 bits per heavy atom. The highest BCUT2D eigenvalue weighted by atomic mass is 19.3. The van der Waals surface area contributed by atoms with Gasteiger partial charge in [0.1, 0.15) is 23.1 Å². The lowest BCUT2D eigenvalue weighted by Crippen LogP contribution is -2.12. The molecule has 2 aromatic heterocycles. The number of nitrogens with one attached hydrogen (secondary N) is 1. The van der Waals surface area contributed by atoms with E-state index in [0.29, 0.717) is 16.8 Å². The van der Waals surface area contributed by atoms with E-state index in [4.69, 9.17) is 0 Å². The highest BCUT2D eigenvalue weighted by Gasteiger charge is 2.16. The van der Waals surface area contributed by atoms with E-state index in [0.717, 1.165) is 0 Å². The van der Waals surface area contributed by atoms with Gasteiger partial charge in [0.05, 0.1) is 5.69 Å². The van der Waals surface area contributed by atoms with Crippen LogP contribution in [-0.2, 0) is 0 Å². The summed E-state index contributed by atoms with van der Waals surface area (Å²) >= 11 is 0. The topological polar surface area (TPSA) is 93.0 Å². The molecule has 0 aliphatic carbocycles. The van der Waals surface area contributed by atoms with Gasteiger partial charge < -0.3 is 14.8 Å². The molecule has 1 atom stereocenters. The monoisotopic (exact) mass is 350 g/mol. The number of hydrogen-bond donors (Lipinski definition) is 2. The molecule has 0 spiro atoms. The molecule has 7 nitrogen and oxygen atoms in total. The Labute approximate surface area is 140 Å². The third kappa shape index (κ3) is 3.22. The number of nitrogens with zero attached hydrogens (tertiary/aromatic N) is 3. The number of aromatic amines is 1. The second-order valence-electron chi connectivity index (χ2n) is 5.72. The number of aliphatic hydroxyl groups excluding tert-OH is 1. The van der Waals surface area contributed by atoms with Gasteiger partial charge in [-0.2, -0.15) is 8.78 Å². The summed E-state index contributed by atoms with van der Waals surface area (Å²) in [4.78, 5) is 18.8. The van der Waals surface area contributed by atoms with E-state index in [2.05, 4.69) is 19.8 Å². The van der Waals surface area contributed by atoms with Gasteiger partial charge in [-0.1, -0.05) is 0 Å². The van der Waals surface area contributed by atoms with Crippen LogP contribution in [-0.4, -0.2) is 31.5 Å². The first-order chi connectivity index (χ1) is 11.8. The quantitative estimate of drug-likeness (QED) is 0.754. The molecule has 9 heteroatoms. The lowest BCUT2D eigenvalue weighted by molar-refractivity contribution is -0.0498. The summed E-state index contributed by atoms with van der Waals surface area (Å²) in [6, 6.07) is 2.94. The Hall–Kier alpha value is -2.81. The number of alkyl halides is 2. The van der Waals surface area contributed by atoms with E-state index in [-0.39, 0.29) is 22.6 Å². The van der Waals surface area contributed by atoms with Gasteiger partial charge in [0.15, 0.2) is 5.65 Å². The predicted molar refractivity (Wildman–Crippen MR) is 86.2 cm³/mol. The third-order valence-corrected chi connectivity index (χ3v) is 3.72. The lowest BCUT2D eigenvalue weighted by Gasteiger charge is -2.12. The lowest BCUT2D eigenvalue weighted by atomic mass is 10.1. The number of H-pyrrole nitrogens is 1. The van der Waals surface area contributed by atoms with Gasteiger partial charge in [-0.05, 0) is 44.0 Å². The van der Waals surface area contributed by atoms with Crippen LogP contribution in [0.1, 0.15) is 30.0 Å². The van der Waals surface area contributed by atoms with Crippen LogP contribution >= 0.6 is 0 Å². The van der Waals surface area contributed by atoms with Gasteiger partial charge in [0, 0.05) is 6.20 Å². The van der Waals surface area contributed by atoms with Gasteiger partial charge in [0.25, 0.3) is 5.56 Å². The first-order valence-corrected chi connectivity index (χ1v) is 7.50. The molecule has 0 fully saturated rings. The van der Waals surface area contributed by atoms with Crippen molar-refractivity contribution in [1.82, 2.24) is 19.7 Å². The number of rotatable bonds is 4. The molecule has 2 heterocycles. The summed E-state index contributed by atoms with van der Waals surface area (Å²) in [5.41, 5.74) is 1.70. The highest BCUT2D eigenvalue weighted by molar-refractivity contribution is 5.73. The second-order valence-corrected chi connectivity index (χ2v) is 5.72. The summed E-state index contributed by atoms with van der Waals surface area (Å²) in [6.07, 6.45) is 0.576. The molecular weight excluding hydrogens is 334 g/mol. The number of fused-ring (bicyclic) bond motifs is 1. The Kier molecular flexibility index (Phi) is 4.25. The highest BCUT2D eigenvalue weighted by Crippen LogP contribution is 2.26. The van der Waals surface area contributed by atoms with Gasteiger partial charge in [-0.15, -0.1) is 5.10 Å². The minimum atomic E-state index is -2.90. The molecule has 0 aliphatic heterocycles. The van der Waals surface area contributed by atoms with E-state index in [1.54, 1.807) is 13.8 Å². The largest absolute Gasteiger partial charge is 0.435 e.